The second kappa shape index (κ2) is 5.93. The van der Waals surface area contributed by atoms with E-state index in [4.69, 9.17) is 11.6 Å². The first-order valence-electron chi connectivity index (χ1n) is 6.16. The van der Waals surface area contributed by atoms with Crippen molar-refractivity contribution in [2.24, 2.45) is 0 Å². The van der Waals surface area contributed by atoms with Crippen molar-refractivity contribution in [3.05, 3.63) is 64.4 Å². The number of rotatable bonds is 3. The van der Waals surface area contributed by atoms with Gasteiger partial charge in [0.05, 0.1) is 10.6 Å². The third kappa shape index (κ3) is 3.88. The van der Waals surface area contributed by atoms with Crippen LogP contribution in [0.3, 0.4) is 0 Å². The number of nitrogens with one attached hydrogen (secondary N) is 1. The summed E-state index contributed by atoms with van der Waals surface area (Å²) in [5, 5.41) is 2.94. The molecule has 6 heteroatoms. The summed E-state index contributed by atoms with van der Waals surface area (Å²) in [6.07, 6.45) is -4.38. The molecule has 0 aromatic heterocycles. The van der Waals surface area contributed by atoms with E-state index in [1.807, 2.05) is 0 Å². The van der Waals surface area contributed by atoms with Gasteiger partial charge in [0.25, 0.3) is 0 Å². The molecule has 2 aromatic rings. The minimum atomic E-state index is -4.38. The molecule has 2 aromatic carbocycles. The number of benzene rings is 2. The van der Waals surface area contributed by atoms with Gasteiger partial charge in [-0.05, 0) is 42.8 Å². The molecule has 0 aliphatic rings. The average molecular weight is 318 g/mol. The molecule has 1 nitrogen and oxygen atoms in total. The van der Waals surface area contributed by atoms with Crippen LogP contribution in [-0.4, -0.2) is 0 Å². The summed E-state index contributed by atoms with van der Waals surface area (Å²) in [4.78, 5) is 0. The van der Waals surface area contributed by atoms with Gasteiger partial charge in [-0.15, -0.1) is 0 Å². The van der Waals surface area contributed by atoms with Crippen LogP contribution < -0.4 is 5.32 Å². The molecule has 1 unspecified atom stereocenters. The van der Waals surface area contributed by atoms with Crippen LogP contribution in [-0.2, 0) is 6.18 Å². The molecule has 0 aliphatic carbocycles. The van der Waals surface area contributed by atoms with Gasteiger partial charge in [-0.1, -0.05) is 23.7 Å². The van der Waals surface area contributed by atoms with Gasteiger partial charge in [-0.3, -0.25) is 0 Å². The molecular formula is C15H12ClF4N. The maximum Gasteiger partial charge on any atom is 0.416 e. The van der Waals surface area contributed by atoms with E-state index in [1.165, 1.54) is 24.3 Å². The Labute approximate surface area is 124 Å². The van der Waals surface area contributed by atoms with Gasteiger partial charge in [0, 0.05) is 11.7 Å². The lowest BCUT2D eigenvalue weighted by molar-refractivity contribution is -0.137. The lowest BCUT2D eigenvalue weighted by atomic mass is 10.0. The molecule has 112 valence electrons. The fourth-order valence-corrected chi connectivity index (χ4v) is 2.08. The number of hydrogen-bond acceptors (Lipinski definition) is 1. The zero-order valence-corrected chi connectivity index (χ0v) is 11.8. The maximum atomic E-state index is 13.1. The molecule has 0 radical (unpaired) electrons. The first kappa shape index (κ1) is 15.6. The van der Waals surface area contributed by atoms with E-state index in [0.717, 1.165) is 12.1 Å². The van der Waals surface area contributed by atoms with Crippen LogP contribution in [0, 0.1) is 5.82 Å². The fourth-order valence-electron chi connectivity index (χ4n) is 1.90. The molecule has 21 heavy (non-hydrogen) atoms. The van der Waals surface area contributed by atoms with Crippen molar-refractivity contribution in [2.75, 3.05) is 5.32 Å². The molecule has 2 rings (SSSR count). The van der Waals surface area contributed by atoms with Crippen LogP contribution in [0.1, 0.15) is 24.1 Å². The summed E-state index contributed by atoms with van der Waals surface area (Å²) in [5.74, 6) is -0.547. The minimum Gasteiger partial charge on any atom is -0.378 e. The fraction of sp³-hybridized carbons (Fsp3) is 0.200. The lowest BCUT2D eigenvalue weighted by Gasteiger charge is -2.17. The molecule has 0 saturated heterocycles. The van der Waals surface area contributed by atoms with Crippen molar-refractivity contribution in [3.63, 3.8) is 0 Å². The molecular weight excluding hydrogens is 306 g/mol. The van der Waals surface area contributed by atoms with Crippen LogP contribution in [0.25, 0.3) is 0 Å². The predicted octanol–water partition coefficient (Wildman–Crippen LogP) is 5.67. The third-order valence-corrected chi connectivity index (χ3v) is 3.31. The molecule has 1 N–H and O–H groups in total. The summed E-state index contributed by atoms with van der Waals surface area (Å²) in [6.45, 7) is 1.72. The summed E-state index contributed by atoms with van der Waals surface area (Å²) in [5.41, 5.74) is 0.308. The Kier molecular flexibility index (Phi) is 4.42. The van der Waals surface area contributed by atoms with E-state index in [0.29, 0.717) is 11.3 Å². The molecule has 0 saturated carbocycles. The maximum absolute atomic E-state index is 13.1. The van der Waals surface area contributed by atoms with Crippen molar-refractivity contribution in [1.82, 2.24) is 0 Å². The number of anilines is 1. The lowest BCUT2D eigenvalue weighted by Crippen LogP contribution is -2.10. The van der Waals surface area contributed by atoms with Gasteiger partial charge < -0.3 is 5.32 Å². The Balaban J connectivity index is 2.20. The zero-order chi connectivity index (χ0) is 15.6. The van der Waals surface area contributed by atoms with E-state index in [9.17, 15) is 17.6 Å². The summed E-state index contributed by atoms with van der Waals surface area (Å²) < 4.78 is 51.1. The van der Waals surface area contributed by atoms with E-state index >= 15 is 0 Å². The average Bonchev–Trinajstić information content (AvgIpc) is 2.42. The Hall–Kier alpha value is -1.75. The monoisotopic (exact) mass is 317 g/mol. The third-order valence-electron chi connectivity index (χ3n) is 3.02. The molecule has 0 bridgehead atoms. The molecule has 1 atom stereocenters. The van der Waals surface area contributed by atoms with Gasteiger partial charge in [-0.2, -0.15) is 13.2 Å². The molecule has 0 heterocycles. The van der Waals surface area contributed by atoms with Crippen molar-refractivity contribution >= 4 is 17.3 Å². The summed E-state index contributed by atoms with van der Waals surface area (Å²) in [7, 11) is 0. The highest BCUT2D eigenvalue weighted by atomic mass is 35.5. The smallest absolute Gasteiger partial charge is 0.378 e. The van der Waals surface area contributed by atoms with Crippen LogP contribution in [0.4, 0.5) is 23.2 Å². The Bertz CT molecular complexity index is 640. The van der Waals surface area contributed by atoms with Gasteiger partial charge in [0.2, 0.25) is 0 Å². The highest BCUT2D eigenvalue weighted by Crippen LogP contribution is 2.31. The molecule has 0 aliphatic heterocycles. The van der Waals surface area contributed by atoms with Crippen LogP contribution >= 0.6 is 11.6 Å². The first-order chi connectivity index (χ1) is 9.77. The van der Waals surface area contributed by atoms with Gasteiger partial charge in [-0.25, -0.2) is 4.39 Å². The predicted molar refractivity (Wildman–Crippen MR) is 74.9 cm³/mol. The van der Waals surface area contributed by atoms with E-state index < -0.39 is 17.6 Å². The van der Waals surface area contributed by atoms with Crippen LogP contribution in [0.5, 0.6) is 0 Å². The first-order valence-corrected chi connectivity index (χ1v) is 6.54. The van der Waals surface area contributed by atoms with E-state index in [1.54, 1.807) is 13.0 Å². The molecule has 0 amide bonds. The summed E-state index contributed by atoms with van der Waals surface area (Å²) >= 11 is 5.66. The van der Waals surface area contributed by atoms with E-state index in [-0.39, 0.29) is 11.1 Å². The Morgan fingerprint density at radius 1 is 1.10 bits per heavy atom. The van der Waals surface area contributed by atoms with E-state index in [2.05, 4.69) is 5.32 Å². The Morgan fingerprint density at radius 3 is 2.43 bits per heavy atom. The van der Waals surface area contributed by atoms with Gasteiger partial charge in [0.1, 0.15) is 5.82 Å². The standard InChI is InChI=1S/C15H12ClF4N/c1-9(21-12-5-6-14(17)13(16)8-12)10-3-2-4-11(7-10)15(18,19)20/h2-9,21H,1H3. The Morgan fingerprint density at radius 2 is 1.81 bits per heavy atom. The van der Waals surface area contributed by atoms with Crippen LogP contribution in [0.2, 0.25) is 5.02 Å². The number of hydrogen-bond donors (Lipinski definition) is 1. The zero-order valence-electron chi connectivity index (χ0n) is 11.0. The SMILES string of the molecule is CC(Nc1ccc(F)c(Cl)c1)c1cccc(C(F)(F)F)c1. The topological polar surface area (TPSA) is 12.0 Å². The quantitative estimate of drug-likeness (QED) is 0.719. The normalized spacial score (nSPS) is 13.0. The van der Waals surface area contributed by atoms with Crippen molar-refractivity contribution < 1.29 is 17.6 Å². The van der Waals surface area contributed by atoms with Crippen molar-refractivity contribution in [3.8, 4) is 0 Å². The minimum absolute atomic E-state index is 0.0451. The highest BCUT2D eigenvalue weighted by molar-refractivity contribution is 6.31. The summed E-state index contributed by atoms with van der Waals surface area (Å²) in [6, 6.07) is 8.74. The van der Waals surface area contributed by atoms with Gasteiger partial charge >= 0.3 is 6.18 Å². The van der Waals surface area contributed by atoms with Crippen LogP contribution in [0.15, 0.2) is 42.5 Å². The second-order valence-electron chi connectivity index (χ2n) is 4.62. The largest absolute Gasteiger partial charge is 0.416 e. The number of alkyl halides is 3. The molecule has 0 spiro atoms. The van der Waals surface area contributed by atoms with Crippen molar-refractivity contribution in [1.29, 1.82) is 0 Å². The number of halogens is 5. The van der Waals surface area contributed by atoms with Gasteiger partial charge in [0.15, 0.2) is 0 Å². The second-order valence-corrected chi connectivity index (χ2v) is 5.03. The highest BCUT2D eigenvalue weighted by Gasteiger charge is 2.30. The molecule has 0 fully saturated rings. The van der Waals surface area contributed by atoms with Crippen molar-refractivity contribution in [2.45, 2.75) is 19.1 Å².